The first-order valence-electron chi connectivity index (χ1n) is 13.1. The van der Waals surface area contributed by atoms with Crippen LogP contribution in [0.15, 0.2) is 72.9 Å². The number of carbonyl (C=O) groups excluding carboxylic acids is 1. The predicted molar refractivity (Wildman–Crippen MR) is 160 cm³/mol. The van der Waals surface area contributed by atoms with E-state index in [9.17, 15) is 14.7 Å². The number of carboxylic acids is 1. The molecule has 1 fully saturated rings. The van der Waals surface area contributed by atoms with Crippen LogP contribution < -0.4 is 15.5 Å². The number of hydrogen-bond donors (Lipinski definition) is 3. The molecule has 5 rings (SSSR count). The van der Waals surface area contributed by atoms with Crippen molar-refractivity contribution in [2.75, 3.05) is 10.2 Å². The molecule has 1 saturated heterocycles. The number of aryl methyl sites for hydroxylation is 2. The van der Waals surface area contributed by atoms with Gasteiger partial charge in [0.25, 0.3) is 0 Å². The zero-order chi connectivity index (χ0) is 28.6. The summed E-state index contributed by atoms with van der Waals surface area (Å²) in [5.41, 5.74) is 7.72. The highest BCUT2D eigenvalue weighted by molar-refractivity contribution is 7.80. The second-order valence-corrected chi connectivity index (χ2v) is 10.3. The number of carboxylic acid groups (broad SMARTS) is 1. The van der Waals surface area contributed by atoms with E-state index in [1.165, 1.54) is 0 Å². The number of aromatic nitrogens is 2. The zero-order valence-corrected chi connectivity index (χ0v) is 23.6. The lowest BCUT2D eigenvalue weighted by atomic mass is 9.96. The highest BCUT2D eigenvalue weighted by Crippen LogP contribution is 2.44. The maximum atomic E-state index is 12.0. The van der Waals surface area contributed by atoms with Gasteiger partial charge in [-0.1, -0.05) is 13.0 Å². The lowest BCUT2D eigenvalue weighted by Crippen LogP contribution is -2.29. The van der Waals surface area contributed by atoms with Crippen molar-refractivity contribution in [1.29, 1.82) is 0 Å². The molecule has 0 unspecified atom stereocenters. The number of pyridine rings is 1. The first-order valence-corrected chi connectivity index (χ1v) is 13.5. The number of benzene rings is 2. The average Bonchev–Trinajstić information content (AvgIpc) is 3.44. The second-order valence-electron chi connectivity index (χ2n) is 9.91. The number of amides is 1. The van der Waals surface area contributed by atoms with E-state index in [2.05, 4.69) is 38.1 Å². The van der Waals surface area contributed by atoms with Gasteiger partial charge < -0.3 is 25.2 Å². The van der Waals surface area contributed by atoms with E-state index in [4.69, 9.17) is 12.2 Å². The molecule has 4 aromatic rings. The number of carbonyl (C=O) groups is 2. The van der Waals surface area contributed by atoms with E-state index in [-0.39, 0.29) is 23.6 Å². The maximum absolute atomic E-state index is 12.0. The van der Waals surface area contributed by atoms with Crippen LogP contribution in [-0.2, 0) is 4.79 Å². The Bertz CT molecular complexity index is 1600. The fraction of sp³-hybridized carbons (Fsp3) is 0.226. The minimum absolute atomic E-state index is 0.0360. The van der Waals surface area contributed by atoms with Crippen LogP contribution in [0, 0.1) is 20.8 Å². The predicted octanol–water partition coefficient (Wildman–Crippen LogP) is 6.02. The number of anilines is 2. The highest BCUT2D eigenvalue weighted by Gasteiger charge is 2.42. The van der Waals surface area contributed by atoms with Crippen LogP contribution in [0.4, 0.5) is 11.4 Å². The van der Waals surface area contributed by atoms with E-state index in [0.717, 1.165) is 45.3 Å². The van der Waals surface area contributed by atoms with Gasteiger partial charge >= 0.3 is 5.97 Å². The van der Waals surface area contributed by atoms with Crippen molar-refractivity contribution < 1.29 is 14.7 Å². The van der Waals surface area contributed by atoms with E-state index in [1.54, 1.807) is 18.3 Å². The molecule has 0 radical (unpaired) electrons. The highest BCUT2D eigenvalue weighted by atomic mass is 32.1. The van der Waals surface area contributed by atoms with Crippen molar-refractivity contribution >= 4 is 40.6 Å². The Morgan fingerprint density at radius 1 is 1.02 bits per heavy atom. The molecule has 2 atom stereocenters. The summed E-state index contributed by atoms with van der Waals surface area (Å²) in [6.45, 7) is 7.90. The Hall–Kier alpha value is -4.50. The lowest BCUT2D eigenvalue weighted by Gasteiger charge is -2.29. The van der Waals surface area contributed by atoms with Crippen molar-refractivity contribution in [2.24, 2.45) is 0 Å². The molecule has 1 aliphatic heterocycles. The maximum Gasteiger partial charge on any atom is 0.335 e. The van der Waals surface area contributed by atoms with Gasteiger partial charge in [-0.2, -0.15) is 0 Å². The van der Waals surface area contributed by atoms with Crippen LogP contribution in [0.5, 0.6) is 0 Å². The van der Waals surface area contributed by atoms with Gasteiger partial charge in [0.05, 0.1) is 23.3 Å². The smallest absolute Gasteiger partial charge is 0.335 e. The summed E-state index contributed by atoms with van der Waals surface area (Å²) in [4.78, 5) is 30.2. The molecular weight excluding hydrogens is 522 g/mol. The fourth-order valence-corrected chi connectivity index (χ4v) is 5.71. The molecule has 2 aromatic carbocycles. The minimum atomic E-state index is -0.955. The van der Waals surface area contributed by atoms with E-state index in [0.29, 0.717) is 11.5 Å². The summed E-state index contributed by atoms with van der Waals surface area (Å²) in [6.07, 6.45) is 2.19. The van der Waals surface area contributed by atoms with Gasteiger partial charge in [-0.3, -0.25) is 9.78 Å². The van der Waals surface area contributed by atoms with Gasteiger partial charge in [0, 0.05) is 41.1 Å². The number of nitrogens with one attached hydrogen (secondary N) is 2. The summed E-state index contributed by atoms with van der Waals surface area (Å²) in [6, 6.07) is 20.4. The Kier molecular flexibility index (Phi) is 7.40. The van der Waals surface area contributed by atoms with Crippen LogP contribution >= 0.6 is 12.2 Å². The van der Waals surface area contributed by atoms with Crippen molar-refractivity contribution in [3.63, 3.8) is 0 Å². The quantitative estimate of drug-likeness (QED) is 0.241. The number of nitrogens with zero attached hydrogens (tertiary/aromatic N) is 3. The molecule has 3 heterocycles. The van der Waals surface area contributed by atoms with Gasteiger partial charge in [-0.15, -0.1) is 0 Å². The number of hydrogen-bond acceptors (Lipinski definition) is 4. The molecule has 0 bridgehead atoms. The molecule has 8 nitrogen and oxygen atoms in total. The van der Waals surface area contributed by atoms with E-state index < -0.39 is 5.97 Å². The molecule has 0 aliphatic carbocycles. The van der Waals surface area contributed by atoms with Crippen LogP contribution in [0.1, 0.15) is 64.0 Å². The molecule has 1 amide bonds. The van der Waals surface area contributed by atoms with Crippen molar-refractivity contribution in [3.05, 3.63) is 107 Å². The zero-order valence-electron chi connectivity index (χ0n) is 22.8. The standard InChI is InChI=1S/C31H31N5O3S/c1-5-27(37)33-25-14-13-23(16-18(25)2)36-29(28(34-31(36)40)26-8-6-7-15-32-26)24-17-19(3)35(20(24)4)22-11-9-21(10-12-22)30(38)39/h6-17,28-29H,5H2,1-4H3,(H,33,37)(H,34,40)(H,38,39)/t28-,29+/m0/s1. The molecule has 3 N–H and O–H groups in total. The summed E-state index contributed by atoms with van der Waals surface area (Å²) >= 11 is 5.91. The van der Waals surface area contributed by atoms with Crippen molar-refractivity contribution in [1.82, 2.24) is 14.9 Å². The summed E-state index contributed by atoms with van der Waals surface area (Å²) < 4.78 is 2.13. The Morgan fingerprint density at radius 3 is 2.38 bits per heavy atom. The lowest BCUT2D eigenvalue weighted by molar-refractivity contribution is -0.115. The third kappa shape index (κ3) is 4.96. The first kappa shape index (κ1) is 27.1. The monoisotopic (exact) mass is 553 g/mol. The second kappa shape index (κ2) is 10.9. The molecular formula is C31H31N5O3S. The topological polar surface area (TPSA) is 99.5 Å². The molecule has 40 heavy (non-hydrogen) atoms. The summed E-state index contributed by atoms with van der Waals surface area (Å²) in [5, 5.41) is 16.4. The Labute approximate surface area is 238 Å². The number of aromatic carboxylic acids is 1. The molecule has 204 valence electrons. The van der Waals surface area contributed by atoms with E-state index in [1.807, 2.05) is 69.3 Å². The minimum Gasteiger partial charge on any atom is -0.478 e. The van der Waals surface area contributed by atoms with Crippen LogP contribution in [0.3, 0.4) is 0 Å². The molecule has 0 saturated carbocycles. The van der Waals surface area contributed by atoms with Crippen LogP contribution in [0.25, 0.3) is 5.69 Å². The van der Waals surface area contributed by atoms with Crippen LogP contribution in [0.2, 0.25) is 0 Å². The Morgan fingerprint density at radius 2 is 1.75 bits per heavy atom. The van der Waals surface area contributed by atoms with Crippen molar-refractivity contribution in [2.45, 2.75) is 46.2 Å². The summed E-state index contributed by atoms with van der Waals surface area (Å²) in [5.74, 6) is -0.991. The van der Waals surface area contributed by atoms with Gasteiger partial charge in [0.15, 0.2) is 5.11 Å². The van der Waals surface area contributed by atoms with Gasteiger partial charge in [-0.05, 0) is 105 Å². The third-order valence-corrected chi connectivity index (χ3v) is 7.66. The average molecular weight is 554 g/mol. The van der Waals surface area contributed by atoms with Gasteiger partial charge in [0.1, 0.15) is 0 Å². The molecule has 2 aromatic heterocycles. The number of rotatable bonds is 7. The normalized spacial score (nSPS) is 16.6. The summed E-state index contributed by atoms with van der Waals surface area (Å²) in [7, 11) is 0. The first-order chi connectivity index (χ1) is 19.2. The SMILES string of the molecule is CCC(=O)Nc1ccc(N2C(=S)N[C@@H](c3ccccn3)[C@H]2c2cc(C)n(-c3ccc(C(=O)O)cc3)c2C)cc1C. The Balaban J connectivity index is 1.62. The number of thiocarbonyl (C=S) groups is 1. The fourth-order valence-electron chi connectivity index (χ4n) is 5.36. The molecule has 0 spiro atoms. The van der Waals surface area contributed by atoms with Crippen LogP contribution in [-0.4, -0.2) is 31.6 Å². The van der Waals surface area contributed by atoms with Gasteiger partial charge in [-0.25, -0.2) is 4.79 Å². The van der Waals surface area contributed by atoms with E-state index >= 15 is 0 Å². The largest absolute Gasteiger partial charge is 0.478 e. The molecule has 9 heteroatoms. The third-order valence-electron chi connectivity index (χ3n) is 7.34. The molecule has 1 aliphatic rings. The van der Waals surface area contributed by atoms with Gasteiger partial charge in [0.2, 0.25) is 5.91 Å². The van der Waals surface area contributed by atoms with Crippen molar-refractivity contribution in [3.8, 4) is 5.69 Å².